The van der Waals surface area contributed by atoms with Crippen molar-refractivity contribution < 1.29 is 9.47 Å². The fourth-order valence-electron chi connectivity index (χ4n) is 1.77. The number of ether oxygens (including phenoxy) is 2. The molecule has 94 valence electrons. The quantitative estimate of drug-likeness (QED) is 0.725. The van der Waals surface area contributed by atoms with Crippen molar-refractivity contribution in [3.63, 3.8) is 0 Å². The molecule has 5 heteroatoms. The molecule has 0 radical (unpaired) electrons. The fourth-order valence-corrected chi connectivity index (χ4v) is 21.6. The molecular weight excluding hydrogens is 359 g/mol. The summed E-state index contributed by atoms with van der Waals surface area (Å²) < 4.78 is 11.4. The Morgan fingerprint density at radius 1 is 0.941 bits per heavy atom. The Kier molecular flexibility index (Phi) is 4.47. The number of benzene rings is 1. The summed E-state index contributed by atoms with van der Waals surface area (Å²) in [6.07, 6.45) is 0. The maximum atomic E-state index is 5.72. The van der Waals surface area contributed by atoms with Gasteiger partial charge in [-0.3, -0.25) is 0 Å². The van der Waals surface area contributed by atoms with E-state index in [0.717, 1.165) is 24.7 Å². The van der Waals surface area contributed by atoms with Gasteiger partial charge in [-0.05, 0) is 0 Å². The van der Waals surface area contributed by atoms with Crippen LogP contribution in [-0.4, -0.2) is 28.8 Å². The van der Waals surface area contributed by atoms with E-state index in [1.807, 2.05) is 26.0 Å². The Morgan fingerprint density at radius 3 is 1.71 bits per heavy atom. The summed E-state index contributed by atoms with van der Waals surface area (Å²) in [5.74, 6) is 2.07. The van der Waals surface area contributed by atoms with Gasteiger partial charge in [-0.1, -0.05) is 0 Å². The SMILES string of the molecule is CCOc1ccc(OCC)c2c1[S][Sn]([CH3])([CH3])[S]2. The van der Waals surface area contributed by atoms with Crippen LogP contribution in [0.2, 0.25) is 9.88 Å². The molecule has 0 saturated carbocycles. The normalized spacial score (nSPS) is 16.7. The molecule has 0 bridgehead atoms. The monoisotopic (exact) mass is 378 g/mol. The van der Waals surface area contributed by atoms with Gasteiger partial charge in [-0.2, -0.15) is 0 Å². The second-order valence-corrected chi connectivity index (χ2v) is 32.3. The second-order valence-electron chi connectivity index (χ2n) is 4.19. The van der Waals surface area contributed by atoms with Crippen molar-refractivity contribution in [2.75, 3.05) is 13.2 Å². The Bertz CT molecular complexity index is 384. The van der Waals surface area contributed by atoms with Gasteiger partial charge in [0.15, 0.2) is 0 Å². The van der Waals surface area contributed by atoms with E-state index in [4.69, 9.17) is 9.47 Å². The molecule has 1 aliphatic rings. The van der Waals surface area contributed by atoms with E-state index in [-0.39, 0.29) is 0 Å². The van der Waals surface area contributed by atoms with Gasteiger partial charge in [-0.15, -0.1) is 0 Å². The van der Waals surface area contributed by atoms with Crippen LogP contribution in [0.1, 0.15) is 13.8 Å². The van der Waals surface area contributed by atoms with E-state index in [1.165, 1.54) is 9.79 Å². The van der Waals surface area contributed by atoms with Gasteiger partial charge in [-0.25, -0.2) is 0 Å². The van der Waals surface area contributed by atoms with Gasteiger partial charge in [0.05, 0.1) is 0 Å². The first-order chi connectivity index (χ1) is 8.07. The van der Waals surface area contributed by atoms with E-state index in [0.29, 0.717) is 0 Å². The molecule has 1 aliphatic heterocycles. The molecular formula is C12H18O2S2Sn. The summed E-state index contributed by atoms with van der Waals surface area (Å²) in [7, 11) is 4.14. The Labute approximate surface area is 113 Å². The van der Waals surface area contributed by atoms with Crippen molar-refractivity contribution in [3.8, 4) is 11.5 Å². The van der Waals surface area contributed by atoms with Crippen LogP contribution in [0, 0.1) is 0 Å². The molecule has 0 aliphatic carbocycles. The van der Waals surface area contributed by atoms with Gasteiger partial charge in [0.1, 0.15) is 0 Å². The summed E-state index contributed by atoms with van der Waals surface area (Å²) in [4.78, 5) is 7.53. The van der Waals surface area contributed by atoms with Crippen LogP contribution in [0.5, 0.6) is 11.5 Å². The predicted molar refractivity (Wildman–Crippen MR) is 78.0 cm³/mol. The first-order valence-corrected chi connectivity index (χ1v) is 20.2. The van der Waals surface area contributed by atoms with Crippen LogP contribution in [0.15, 0.2) is 21.9 Å². The predicted octanol–water partition coefficient (Wildman–Crippen LogP) is 4.38. The molecule has 0 fully saturated rings. The van der Waals surface area contributed by atoms with Crippen molar-refractivity contribution in [2.45, 2.75) is 33.5 Å². The molecule has 1 aromatic carbocycles. The Morgan fingerprint density at radius 2 is 1.35 bits per heavy atom. The molecule has 0 saturated heterocycles. The third kappa shape index (κ3) is 3.01. The molecule has 0 atom stereocenters. The zero-order chi connectivity index (χ0) is 12.5. The third-order valence-electron chi connectivity index (χ3n) is 2.34. The van der Waals surface area contributed by atoms with E-state index >= 15 is 0 Å². The molecule has 17 heavy (non-hydrogen) atoms. The molecule has 2 nitrogen and oxygen atoms in total. The molecule has 0 N–H and O–H groups in total. The van der Waals surface area contributed by atoms with Crippen LogP contribution < -0.4 is 9.47 Å². The zero-order valence-electron chi connectivity index (χ0n) is 10.7. The van der Waals surface area contributed by atoms with E-state index < -0.39 is 15.6 Å². The summed E-state index contributed by atoms with van der Waals surface area (Å²) >= 11 is -2.03. The van der Waals surface area contributed by atoms with Crippen LogP contribution >= 0.6 is 17.9 Å². The van der Waals surface area contributed by atoms with Crippen molar-refractivity contribution in [3.05, 3.63) is 12.1 Å². The zero-order valence-corrected chi connectivity index (χ0v) is 15.2. The summed E-state index contributed by atoms with van der Waals surface area (Å²) in [6.45, 7) is 5.51. The van der Waals surface area contributed by atoms with Crippen molar-refractivity contribution in [1.29, 1.82) is 0 Å². The van der Waals surface area contributed by atoms with Crippen molar-refractivity contribution in [1.82, 2.24) is 0 Å². The second kappa shape index (κ2) is 5.53. The van der Waals surface area contributed by atoms with E-state index in [2.05, 4.69) is 27.8 Å². The molecule has 0 amide bonds. The third-order valence-corrected chi connectivity index (χ3v) is 19.9. The van der Waals surface area contributed by atoms with Gasteiger partial charge in [0.25, 0.3) is 0 Å². The van der Waals surface area contributed by atoms with Gasteiger partial charge in [0, 0.05) is 0 Å². The minimum atomic E-state index is -2.03. The van der Waals surface area contributed by atoms with Crippen molar-refractivity contribution >= 4 is 33.5 Å². The average Bonchev–Trinajstić information content (AvgIpc) is 2.58. The van der Waals surface area contributed by atoms with Crippen LogP contribution in [-0.2, 0) is 0 Å². The number of rotatable bonds is 4. The molecule has 1 heterocycles. The fraction of sp³-hybridized carbons (Fsp3) is 0.500. The Hall–Kier alpha value is 0.319. The molecule has 0 aromatic heterocycles. The van der Waals surface area contributed by atoms with Gasteiger partial charge < -0.3 is 0 Å². The average molecular weight is 377 g/mol. The first kappa shape index (κ1) is 13.7. The maximum absolute atomic E-state index is 5.72. The minimum absolute atomic E-state index is 0.724. The number of hydrogen-bond donors (Lipinski definition) is 0. The van der Waals surface area contributed by atoms with Crippen LogP contribution in [0.25, 0.3) is 0 Å². The number of hydrogen-bond acceptors (Lipinski definition) is 4. The summed E-state index contributed by atoms with van der Waals surface area (Å²) in [5, 5.41) is 0. The standard InChI is InChI=1S/C10H14O2S2.2CH3.Sn/c1-3-11-7-5-6-8(12-4-2)10(14)9(7)13;;;/h5-6,13-14H,3-4H2,1-2H3;2*1H3;/q;;;+2/p-2. The first-order valence-electron chi connectivity index (χ1n) is 5.88. The molecule has 1 aromatic rings. The summed E-state index contributed by atoms with van der Waals surface area (Å²) in [6, 6.07) is 4.10. The molecule has 0 spiro atoms. The van der Waals surface area contributed by atoms with Crippen LogP contribution in [0.3, 0.4) is 0 Å². The topological polar surface area (TPSA) is 18.5 Å². The molecule has 2 rings (SSSR count). The summed E-state index contributed by atoms with van der Waals surface area (Å²) in [5.41, 5.74) is 0. The molecule has 0 unspecified atom stereocenters. The Balaban J connectivity index is 2.41. The van der Waals surface area contributed by atoms with Gasteiger partial charge >= 0.3 is 113 Å². The van der Waals surface area contributed by atoms with Gasteiger partial charge in [0.2, 0.25) is 0 Å². The van der Waals surface area contributed by atoms with E-state index in [9.17, 15) is 0 Å². The van der Waals surface area contributed by atoms with E-state index in [1.54, 1.807) is 0 Å². The number of fused-ring (bicyclic) bond motifs is 1. The van der Waals surface area contributed by atoms with Crippen molar-refractivity contribution in [2.24, 2.45) is 0 Å². The van der Waals surface area contributed by atoms with Crippen LogP contribution in [0.4, 0.5) is 0 Å².